The molecular weight excluding hydrogens is 274 g/mol. The normalized spacial score (nSPS) is 10.9. The van der Waals surface area contributed by atoms with Crippen molar-refractivity contribution >= 4 is 23.0 Å². The van der Waals surface area contributed by atoms with E-state index in [1.54, 1.807) is 6.07 Å². The first kappa shape index (κ1) is 12.7. The first-order chi connectivity index (χ1) is 9.65. The fourth-order valence-electron chi connectivity index (χ4n) is 2.07. The van der Waals surface area contributed by atoms with Crippen LogP contribution >= 0.6 is 11.3 Å². The minimum absolute atomic E-state index is 0.110. The van der Waals surface area contributed by atoms with E-state index in [9.17, 15) is 4.79 Å². The maximum Gasteiger partial charge on any atom is 0.255 e. The zero-order chi connectivity index (χ0) is 14.1. The van der Waals surface area contributed by atoms with Gasteiger partial charge >= 0.3 is 0 Å². The van der Waals surface area contributed by atoms with Crippen molar-refractivity contribution in [3.05, 3.63) is 45.7 Å². The van der Waals surface area contributed by atoms with Gasteiger partial charge in [-0.3, -0.25) is 9.20 Å². The standard InChI is InChI=1S/C13H13N5OS/c1-8-5-9(2)18-11(16-17-13(18)15-8)6-14-12(19)10-3-4-20-7-10/h3-5,7H,6H2,1-2H3,(H,14,19). The van der Waals surface area contributed by atoms with Crippen molar-refractivity contribution in [2.75, 3.05) is 0 Å². The van der Waals surface area contributed by atoms with Gasteiger partial charge in [0.2, 0.25) is 0 Å². The first-order valence-electron chi connectivity index (χ1n) is 6.14. The number of hydrogen-bond donors (Lipinski definition) is 1. The minimum Gasteiger partial charge on any atom is -0.345 e. The molecule has 0 radical (unpaired) electrons. The van der Waals surface area contributed by atoms with Gasteiger partial charge in [-0.15, -0.1) is 10.2 Å². The quantitative estimate of drug-likeness (QED) is 0.796. The summed E-state index contributed by atoms with van der Waals surface area (Å²) >= 11 is 1.49. The monoisotopic (exact) mass is 287 g/mol. The lowest BCUT2D eigenvalue weighted by molar-refractivity contribution is 0.0950. The topological polar surface area (TPSA) is 72.2 Å². The molecular formula is C13H13N5OS. The Balaban J connectivity index is 1.83. The van der Waals surface area contributed by atoms with Gasteiger partial charge in [0.15, 0.2) is 5.82 Å². The number of fused-ring (bicyclic) bond motifs is 1. The Labute approximate surface area is 119 Å². The minimum atomic E-state index is -0.110. The van der Waals surface area contributed by atoms with Crippen molar-refractivity contribution in [2.24, 2.45) is 0 Å². The van der Waals surface area contributed by atoms with E-state index < -0.39 is 0 Å². The van der Waals surface area contributed by atoms with Crippen LogP contribution < -0.4 is 5.32 Å². The van der Waals surface area contributed by atoms with Crippen LogP contribution in [0.1, 0.15) is 27.6 Å². The van der Waals surface area contributed by atoms with Gasteiger partial charge in [-0.25, -0.2) is 4.98 Å². The number of hydrogen-bond acceptors (Lipinski definition) is 5. The second-order valence-electron chi connectivity index (χ2n) is 4.49. The van der Waals surface area contributed by atoms with Crippen LogP contribution in [0.2, 0.25) is 0 Å². The number of carbonyl (C=O) groups excluding carboxylic acids is 1. The Kier molecular flexibility index (Phi) is 3.19. The van der Waals surface area contributed by atoms with Crippen molar-refractivity contribution in [1.29, 1.82) is 0 Å². The highest BCUT2D eigenvalue weighted by Crippen LogP contribution is 2.09. The summed E-state index contributed by atoms with van der Waals surface area (Å²) in [5.41, 5.74) is 2.56. The summed E-state index contributed by atoms with van der Waals surface area (Å²) in [4.78, 5) is 16.2. The number of nitrogens with zero attached hydrogens (tertiary/aromatic N) is 4. The molecule has 0 saturated carbocycles. The van der Waals surface area contributed by atoms with Gasteiger partial charge < -0.3 is 5.32 Å². The molecule has 3 heterocycles. The summed E-state index contributed by atoms with van der Waals surface area (Å²) in [7, 11) is 0. The second kappa shape index (κ2) is 5.01. The molecule has 1 N–H and O–H groups in total. The summed E-state index contributed by atoms with van der Waals surface area (Å²) < 4.78 is 1.85. The van der Waals surface area contributed by atoms with Crippen molar-refractivity contribution < 1.29 is 4.79 Å². The number of thiophene rings is 1. The number of rotatable bonds is 3. The van der Waals surface area contributed by atoms with E-state index in [4.69, 9.17) is 0 Å². The van der Waals surface area contributed by atoms with Crippen LogP contribution in [-0.4, -0.2) is 25.5 Å². The second-order valence-corrected chi connectivity index (χ2v) is 5.27. The first-order valence-corrected chi connectivity index (χ1v) is 7.08. The van der Waals surface area contributed by atoms with Gasteiger partial charge in [-0.2, -0.15) is 11.3 Å². The van der Waals surface area contributed by atoms with Crippen molar-refractivity contribution in [3.63, 3.8) is 0 Å². The van der Waals surface area contributed by atoms with Crippen LogP contribution in [0.25, 0.3) is 5.78 Å². The molecule has 3 aromatic heterocycles. The molecule has 3 aromatic rings. The molecule has 0 aliphatic carbocycles. The Morgan fingerprint density at radius 1 is 1.40 bits per heavy atom. The molecule has 0 aromatic carbocycles. The van der Waals surface area contributed by atoms with Crippen molar-refractivity contribution in [3.8, 4) is 0 Å². The van der Waals surface area contributed by atoms with Gasteiger partial charge in [0.05, 0.1) is 6.54 Å². The Bertz CT molecular complexity index is 763. The van der Waals surface area contributed by atoms with E-state index in [2.05, 4.69) is 20.5 Å². The number of amides is 1. The average Bonchev–Trinajstić information content (AvgIpc) is 3.04. The van der Waals surface area contributed by atoms with E-state index in [-0.39, 0.29) is 5.91 Å². The van der Waals surface area contributed by atoms with Crippen molar-refractivity contribution in [1.82, 2.24) is 24.9 Å². The molecule has 0 atom stereocenters. The van der Waals surface area contributed by atoms with Gasteiger partial charge in [-0.1, -0.05) is 0 Å². The van der Waals surface area contributed by atoms with E-state index in [1.165, 1.54) is 11.3 Å². The number of aromatic nitrogens is 4. The lowest BCUT2D eigenvalue weighted by Gasteiger charge is -2.05. The molecule has 0 spiro atoms. The third-order valence-corrected chi connectivity index (χ3v) is 3.63. The molecule has 0 aliphatic rings. The summed E-state index contributed by atoms with van der Waals surface area (Å²) in [6, 6.07) is 3.75. The molecule has 20 heavy (non-hydrogen) atoms. The molecule has 6 nitrogen and oxygen atoms in total. The van der Waals surface area contributed by atoms with Crippen LogP contribution in [0.15, 0.2) is 22.9 Å². The van der Waals surface area contributed by atoms with Crippen LogP contribution in [0.4, 0.5) is 0 Å². The predicted octanol–water partition coefficient (Wildman–Crippen LogP) is 1.73. The summed E-state index contributed by atoms with van der Waals surface area (Å²) in [6.45, 7) is 4.20. The van der Waals surface area contributed by atoms with Crippen LogP contribution in [0.3, 0.4) is 0 Å². The molecule has 0 saturated heterocycles. The highest BCUT2D eigenvalue weighted by Gasteiger charge is 2.11. The van der Waals surface area contributed by atoms with E-state index in [0.29, 0.717) is 23.7 Å². The number of carbonyl (C=O) groups is 1. The molecule has 7 heteroatoms. The molecule has 1 amide bonds. The molecule has 0 aliphatic heterocycles. The molecule has 0 fully saturated rings. The van der Waals surface area contributed by atoms with Gasteiger partial charge in [0.1, 0.15) is 0 Å². The van der Waals surface area contributed by atoms with Crippen molar-refractivity contribution in [2.45, 2.75) is 20.4 Å². The summed E-state index contributed by atoms with van der Waals surface area (Å²) in [5.74, 6) is 1.12. The maximum absolute atomic E-state index is 11.9. The van der Waals surface area contributed by atoms with Crippen LogP contribution in [0, 0.1) is 13.8 Å². The highest BCUT2D eigenvalue weighted by atomic mass is 32.1. The van der Waals surface area contributed by atoms with Crippen LogP contribution in [0.5, 0.6) is 0 Å². The predicted molar refractivity (Wildman–Crippen MR) is 75.7 cm³/mol. The summed E-state index contributed by atoms with van der Waals surface area (Å²) in [5, 5.41) is 14.6. The summed E-state index contributed by atoms with van der Waals surface area (Å²) in [6.07, 6.45) is 0. The van der Waals surface area contributed by atoms with Gasteiger partial charge in [0.25, 0.3) is 11.7 Å². The zero-order valence-electron chi connectivity index (χ0n) is 11.1. The molecule has 102 valence electrons. The van der Waals surface area contributed by atoms with Gasteiger partial charge in [-0.05, 0) is 31.4 Å². The molecule has 0 bridgehead atoms. The fourth-order valence-corrected chi connectivity index (χ4v) is 2.70. The van der Waals surface area contributed by atoms with E-state index in [0.717, 1.165) is 11.4 Å². The maximum atomic E-state index is 11.9. The average molecular weight is 287 g/mol. The zero-order valence-corrected chi connectivity index (χ0v) is 11.9. The Morgan fingerprint density at radius 2 is 2.25 bits per heavy atom. The Hall–Kier alpha value is -2.28. The SMILES string of the molecule is Cc1cc(C)n2c(CNC(=O)c3ccsc3)nnc2n1. The number of aryl methyl sites for hydroxylation is 2. The number of nitrogens with one attached hydrogen (secondary N) is 1. The van der Waals surface area contributed by atoms with Gasteiger partial charge in [0, 0.05) is 22.3 Å². The molecule has 3 rings (SSSR count). The lowest BCUT2D eigenvalue weighted by atomic mass is 10.3. The fraction of sp³-hybridized carbons (Fsp3) is 0.231. The lowest BCUT2D eigenvalue weighted by Crippen LogP contribution is -2.23. The smallest absolute Gasteiger partial charge is 0.255 e. The Morgan fingerprint density at radius 3 is 3.00 bits per heavy atom. The van der Waals surface area contributed by atoms with E-state index in [1.807, 2.05) is 35.1 Å². The third kappa shape index (κ3) is 2.27. The third-order valence-electron chi connectivity index (χ3n) is 2.95. The van der Waals surface area contributed by atoms with Crippen LogP contribution in [-0.2, 0) is 6.54 Å². The largest absolute Gasteiger partial charge is 0.345 e. The molecule has 0 unspecified atom stereocenters. The highest BCUT2D eigenvalue weighted by molar-refractivity contribution is 7.08. The van der Waals surface area contributed by atoms with E-state index >= 15 is 0 Å².